The molecule has 0 radical (unpaired) electrons. The molecule has 1 aromatic carbocycles. The van der Waals surface area contributed by atoms with E-state index in [1.165, 1.54) is 11.1 Å². The Hall–Kier alpha value is -2.13. The summed E-state index contributed by atoms with van der Waals surface area (Å²) >= 11 is 0. The zero-order valence-corrected chi connectivity index (χ0v) is 11.4. The van der Waals surface area contributed by atoms with Gasteiger partial charge in [0.25, 0.3) is 0 Å². The van der Waals surface area contributed by atoms with E-state index in [9.17, 15) is 0 Å². The lowest BCUT2D eigenvalue weighted by atomic mass is 10.0. The van der Waals surface area contributed by atoms with Crippen molar-refractivity contribution in [2.24, 2.45) is 0 Å². The molecule has 0 atom stereocenters. The number of pyridine rings is 1. The molecule has 1 aliphatic rings. The monoisotopic (exact) mass is 266 g/mol. The summed E-state index contributed by atoms with van der Waals surface area (Å²) < 4.78 is 5.74. The van der Waals surface area contributed by atoms with Crippen LogP contribution in [0.15, 0.2) is 54.7 Å². The minimum atomic E-state index is 0.507. The topological polar surface area (TPSA) is 34.1 Å². The van der Waals surface area contributed by atoms with E-state index in [-0.39, 0.29) is 0 Å². The highest BCUT2D eigenvalue weighted by Crippen LogP contribution is 2.22. The molecular weight excluding hydrogens is 248 g/mol. The average molecular weight is 266 g/mol. The van der Waals surface area contributed by atoms with Crippen molar-refractivity contribution in [2.45, 2.75) is 13.0 Å². The minimum absolute atomic E-state index is 0.507. The summed E-state index contributed by atoms with van der Waals surface area (Å²) in [7, 11) is 0. The van der Waals surface area contributed by atoms with E-state index in [1.54, 1.807) is 6.20 Å². The molecule has 3 nitrogen and oxygen atoms in total. The van der Waals surface area contributed by atoms with E-state index in [1.807, 2.05) is 30.3 Å². The van der Waals surface area contributed by atoms with Crippen molar-refractivity contribution in [1.29, 1.82) is 0 Å². The Morgan fingerprint density at radius 2 is 2.00 bits per heavy atom. The van der Waals surface area contributed by atoms with Gasteiger partial charge in [0.1, 0.15) is 12.4 Å². The Bertz CT molecular complexity index is 576. The van der Waals surface area contributed by atoms with Crippen LogP contribution in [-0.2, 0) is 6.61 Å². The second-order valence-corrected chi connectivity index (χ2v) is 4.82. The third-order valence-electron chi connectivity index (χ3n) is 3.40. The van der Waals surface area contributed by atoms with Gasteiger partial charge in [-0.2, -0.15) is 0 Å². The molecule has 102 valence electrons. The van der Waals surface area contributed by atoms with E-state index < -0.39 is 0 Å². The first kappa shape index (κ1) is 12.9. The third-order valence-corrected chi connectivity index (χ3v) is 3.40. The predicted octanol–water partition coefficient (Wildman–Crippen LogP) is 3.04. The van der Waals surface area contributed by atoms with Crippen molar-refractivity contribution in [1.82, 2.24) is 10.3 Å². The van der Waals surface area contributed by atoms with Gasteiger partial charge in [-0.25, -0.2) is 0 Å². The van der Waals surface area contributed by atoms with E-state index in [0.29, 0.717) is 6.61 Å². The van der Waals surface area contributed by atoms with Crippen molar-refractivity contribution in [3.63, 3.8) is 0 Å². The fraction of sp³-hybridized carbons (Fsp3) is 0.235. The number of hydrogen-bond acceptors (Lipinski definition) is 3. The Kier molecular flexibility index (Phi) is 4.09. The summed E-state index contributed by atoms with van der Waals surface area (Å²) in [5, 5.41) is 3.33. The van der Waals surface area contributed by atoms with Gasteiger partial charge in [-0.15, -0.1) is 0 Å². The normalized spacial score (nSPS) is 14.7. The molecule has 2 aromatic rings. The fourth-order valence-corrected chi connectivity index (χ4v) is 2.29. The zero-order valence-electron chi connectivity index (χ0n) is 11.4. The van der Waals surface area contributed by atoms with E-state index in [4.69, 9.17) is 4.74 Å². The summed E-state index contributed by atoms with van der Waals surface area (Å²) in [6.07, 6.45) is 5.13. The number of rotatable bonds is 4. The second kappa shape index (κ2) is 6.35. The van der Waals surface area contributed by atoms with Crippen LogP contribution < -0.4 is 10.1 Å². The molecule has 1 aromatic heterocycles. The lowest BCUT2D eigenvalue weighted by Gasteiger charge is -2.14. The number of benzene rings is 1. The first-order valence-corrected chi connectivity index (χ1v) is 6.95. The molecule has 0 amide bonds. The first-order valence-electron chi connectivity index (χ1n) is 6.95. The smallest absolute Gasteiger partial charge is 0.130 e. The lowest BCUT2D eigenvalue weighted by Crippen LogP contribution is -2.19. The first-order chi connectivity index (χ1) is 9.92. The summed E-state index contributed by atoms with van der Waals surface area (Å²) in [5.41, 5.74) is 3.65. The Morgan fingerprint density at radius 1 is 1.10 bits per heavy atom. The van der Waals surface area contributed by atoms with Crippen molar-refractivity contribution in [3.05, 3.63) is 66.0 Å². The van der Waals surface area contributed by atoms with Crippen molar-refractivity contribution in [3.8, 4) is 5.75 Å². The number of nitrogens with one attached hydrogen (secondary N) is 1. The van der Waals surface area contributed by atoms with Gasteiger partial charge in [-0.3, -0.25) is 4.98 Å². The van der Waals surface area contributed by atoms with Crippen LogP contribution in [0.1, 0.15) is 17.7 Å². The maximum absolute atomic E-state index is 5.74. The molecule has 0 bridgehead atoms. The zero-order chi connectivity index (χ0) is 13.6. The Balaban J connectivity index is 1.63. The SMILES string of the molecule is C1=C(c2ccc(OCc3ccccn3)cc2)CCNC1. The summed E-state index contributed by atoms with van der Waals surface area (Å²) in [5.74, 6) is 0.883. The van der Waals surface area contributed by atoms with Crippen LogP contribution in [0.4, 0.5) is 0 Å². The van der Waals surface area contributed by atoms with Crippen LogP contribution in [0.3, 0.4) is 0 Å². The molecule has 20 heavy (non-hydrogen) atoms. The van der Waals surface area contributed by atoms with Gasteiger partial charge in [0.2, 0.25) is 0 Å². The Morgan fingerprint density at radius 3 is 2.70 bits per heavy atom. The lowest BCUT2D eigenvalue weighted by molar-refractivity contribution is 0.301. The van der Waals surface area contributed by atoms with Gasteiger partial charge < -0.3 is 10.1 Å². The van der Waals surface area contributed by atoms with Crippen LogP contribution in [0.25, 0.3) is 5.57 Å². The molecule has 1 N–H and O–H groups in total. The second-order valence-electron chi connectivity index (χ2n) is 4.82. The van der Waals surface area contributed by atoms with E-state index in [2.05, 4.69) is 28.5 Å². The maximum Gasteiger partial charge on any atom is 0.130 e. The molecule has 0 spiro atoms. The van der Waals surface area contributed by atoms with Gasteiger partial charge in [-0.1, -0.05) is 24.3 Å². The van der Waals surface area contributed by atoms with E-state index in [0.717, 1.165) is 31.0 Å². The highest BCUT2D eigenvalue weighted by molar-refractivity contribution is 5.67. The van der Waals surface area contributed by atoms with Crippen LogP contribution in [0.2, 0.25) is 0 Å². The molecular formula is C17H18N2O. The van der Waals surface area contributed by atoms with Crippen molar-refractivity contribution >= 4 is 5.57 Å². The highest BCUT2D eigenvalue weighted by Gasteiger charge is 2.05. The van der Waals surface area contributed by atoms with Gasteiger partial charge in [0.15, 0.2) is 0 Å². The number of hydrogen-bond donors (Lipinski definition) is 1. The molecule has 0 aliphatic carbocycles. The molecule has 0 fully saturated rings. The summed E-state index contributed by atoms with van der Waals surface area (Å²) in [6.45, 7) is 2.53. The fourth-order valence-electron chi connectivity index (χ4n) is 2.29. The molecule has 3 heteroatoms. The van der Waals surface area contributed by atoms with E-state index >= 15 is 0 Å². The largest absolute Gasteiger partial charge is 0.487 e. The van der Waals surface area contributed by atoms with Crippen LogP contribution in [-0.4, -0.2) is 18.1 Å². The molecule has 3 rings (SSSR count). The van der Waals surface area contributed by atoms with Crippen LogP contribution in [0, 0.1) is 0 Å². The molecule has 0 saturated heterocycles. The minimum Gasteiger partial charge on any atom is -0.487 e. The molecule has 1 aliphatic heterocycles. The third kappa shape index (κ3) is 3.25. The van der Waals surface area contributed by atoms with Gasteiger partial charge in [-0.05, 0) is 48.4 Å². The van der Waals surface area contributed by atoms with Gasteiger partial charge in [0, 0.05) is 12.7 Å². The quantitative estimate of drug-likeness (QED) is 0.923. The number of ether oxygens (including phenoxy) is 1. The average Bonchev–Trinajstić information content (AvgIpc) is 2.55. The van der Waals surface area contributed by atoms with Crippen LogP contribution in [0.5, 0.6) is 5.75 Å². The summed E-state index contributed by atoms with van der Waals surface area (Å²) in [4.78, 5) is 4.24. The predicted molar refractivity (Wildman–Crippen MR) is 80.5 cm³/mol. The number of nitrogens with zero attached hydrogens (tertiary/aromatic N) is 1. The Labute approximate surface area is 119 Å². The van der Waals surface area contributed by atoms with Gasteiger partial charge >= 0.3 is 0 Å². The van der Waals surface area contributed by atoms with Crippen molar-refractivity contribution in [2.75, 3.05) is 13.1 Å². The van der Waals surface area contributed by atoms with Gasteiger partial charge in [0.05, 0.1) is 5.69 Å². The molecule has 0 saturated carbocycles. The standard InChI is InChI=1S/C17H18N2O/c1-2-10-19-16(3-1)13-20-17-6-4-14(5-7-17)15-8-11-18-12-9-15/h1-8,10,18H,9,11-13H2. The van der Waals surface area contributed by atoms with Crippen LogP contribution >= 0.6 is 0 Å². The number of aromatic nitrogens is 1. The summed E-state index contributed by atoms with van der Waals surface area (Å²) in [6, 6.07) is 14.2. The highest BCUT2D eigenvalue weighted by atomic mass is 16.5. The molecule has 0 unspecified atom stereocenters. The maximum atomic E-state index is 5.74. The van der Waals surface area contributed by atoms with Crippen molar-refractivity contribution < 1.29 is 4.74 Å². The molecule has 2 heterocycles.